The number of carbonyl (C=O) groups is 1. The van der Waals surface area contributed by atoms with E-state index in [2.05, 4.69) is 4.74 Å². The monoisotopic (exact) mass is 431 g/mol. The first kappa shape index (κ1) is 22.9. The van der Waals surface area contributed by atoms with Gasteiger partial charge in [-0.25, -0.2) is 13.2 Å². The van der Waals surface area contributed by atoms with Gasteiger partial charge in [0.15, 0.2) is 17.5 Å². The Hall–Kier alpha value is -3.37. The molecule has 0 saturated carbocycles. The fourth-order valence-electron chi connectivity index (χ4n) is 2.59. The molecule has 0 radical (unpaired) electrons. The van der Waals surface area contributed by atoms with Crippen LogP contribution in [0, 0.1) is 11.2 Å². The number of likely N-dealkylation sites (N-methyl/N-ethyl adjacent to an activating group) is 1. The Morgan fingerprint density at radius 1 is 1.10 bits per heavy atom. The summed E-state index contributed by atoms with van der Waals surface area (Å²) in [5.41, 5.74) is 5.79. The van der Waals surface area contributed by atoms with E-state index in [0.717, 1.165) is 17.0 Å². The number of rotatable bonds is 8. The number of carbonyl (C=O) groups excluding carboxylic acids is 1. The van der Waals surface area contributed by atoms with Crippen molar-refractivity contribution in [2.45, 2.75) is 19.0 Å². The zero-order valence-corrected chi connectivity index (χ0v) is 15.6. The summed E-state index contributed by atoms with van der Waals surface area (Å²) in [6.07, 6.45) is -2.84. The summed E-state index contributed by atoms with van der Waals surface area (Å²) >= 11 is 0. The number of halogens is 5. The first-order valence-corrected chi connectivity index (χ1v) is 8.47. The van der Waals surface area contributed by atoms with E-state index in [1.165, 1.54) is 37.4 Å². The quantitative estimate of drug-likeness (QED) is 0.380. The highest BCUT2D eigenvalue weighted by molar-refractivity contribution is 5.99. The molecule has 1 unspecified atom stereocenters. The van der Waals surface area contributed by atoms with Crippen molar-refractivity contribution in [2.75, 3.05) is 13.7 Å². The summed E-state index contributed by atoms with van der Waals surface area (Å²) < 4.78 is 72.5. The molecule has 0 spiro atoms. The van der Waals surface area contributed by atoms with Gasteiger partial charge >= 0.3 is 6.61 Å². The number of nitrogens with one attached hydrogen (secondary N) is 1. The van der Waals surface area contributed by atoms with Crippen molar-refractivity contribution < 1.29 is 36.2 Å². The van der Waals surface area contributed by atoms with Crippen LogP contribution >= 0.6 is 0 Å². The van der Waals surface area contributed by atoms with E-state index in [4.69, 9.17) is 15.9 Å². The van der Waals surface area contributed by atoms with E-state index in [1.54, 1.807) is 0 Å². The Bertz CT molecular complexity index is 893. The lowest BCUT2D eigenvalue weighted by Crippen LogP contribution is -2.41. The molecule has 11 heteroatoms. The molecule has 0 saturated heterocycles. The summed E-state index contributed by atoms with van der Waals surface area (Å²) in [4.78, 5) is 13.7. The van der Waals surface area contributed by atoms with E-state index < -0.39 is 49.0 Å². The van der Waals surface area contributed by atoms with Crippen molar-refractivity contribution in [1.82, 2.24) is 4.90 Å². The standard InChI is InChI=1S/C19H18F5N3O3/c1-27(19(25)26)17(28)16(10-2-5-12(6-3-10)30-18(23)24)11-4-7-13(20)14(8-11)29-9-15(21)22/h2-8,15-16,18H,9H2,1H3,(H3,25,26). The molecule has 1 amide bonds. The molecule has 1 atom stereocenters. The van der Waals surface area contributed by atoms with Crippen LogP contribution in [-0.2, 0) is 4.79 Å². The molecule has 0 fully saturated rings. The summed E-state index contributed by atoms with van der Waals surface area (Å²) in [6.45, 7) is -4.09. The highest BCUT2D eigenvalue weighted by atomic mass is 19.3. The summed E-state index contributed by atoms with van der Waals surface area (Å²) in [5.74, 6) is -3.98. The first-order chi connectivity index (χ1) is 14.1. The lowest BCUT2D eigenvalue weighted by Gasteiger charge is -2.24. The van der Waals surface area contributed by atoms with Crippen LogP contribution in [0.15, 0.2) is 42.5 Å². The van der Waals surface area contributed by atoms with Crippen LogP contribution in [0.3, 0.4) is 0 Å². The fourth-order valence-corrected chi connectivity index (χ4v) is 2.59. The second-order valence-electron chi connectivity index (χ2n) is 6.05. The molecule has 2 rings (SSSR count). The van der Waals surface area contributed by atoms with Gasteiger partial charge in [-0.15, -0.1) is 0 Å². The van der Waals surface area contributed by atoms with Gasteiger partial charge in [-0.2, -0.15) is 8.78 Å². The smallest absolute Gasteiger partial charge is 0.387 e. The van der Waals surface area contributed by atoms with E-state index in [9.17, 15) is 26.7 Å². The number of nitrogens with zero attached hydrogens (tertiary/aromatic N) is 1. The zero-order chi connectivity index (χ0) is 22.4. The Labute approximate surface area is 168 Å². The van der Waals surface area contributed by atoms with E-state index in [1.807, 2.05) is 0 Å². The summed E-state index contributed by atoms with van der Waals surface area (Å²) in [5, 5.41) is 7.46. The minimum Gasteiger partial charge on any atom is -0.485 e. The molecular formula is C19H18F5N3O3. The van der Waals surface area contributed by atoms with Crippen LogP contribution in [-0.4, -0.2) is 43.5 Å². The number of ether oxygens (including phenoxy) is 2. The molecule has 30 heavy (non-hydrogen) atoms. The van der Waals surface area contributed by atoms with E-state index in [-0.39, 0.29) is 16.9 Å². The van der Waals surface area contributed by atoms with Gasteiger partial charge in [0.1, 0.15) is 12.4 Å². The SMILES string of the molecule is CN(C(=N)N)C(=O)C(c1ccc(OC(F)F)cc1)c1ccc(F)c(OCC(F)F)c1. The fraction of sp³-hybridized carbons (Fsp3) is 0.263. The molecule has 6 nitrogen and oxygen atoms in total. The maximum absolute atomic E-state index is 13.9. The van der Waals surface area contributed by atoms with Crippen molar-refractivity contribution in [2.24, 2.45) is 5.73 Å². The van der Waals surface area contributed by atoms with Gasteiger partial charge in [-0.05, 0) is 35.4 Å². The third kappa shape index (κ3) is 5.82. The van der Waals surface area contributed by atoms with Crippen LogP contribution in [0.1, 0.15) is 17.0 Å². The largest absolute Gasteiger partial charge is 0.485 e. The summed E-state index contributed by atoms with van der Waals surface area (Å²) in [7, 11) is 1.24. The van der Waals surface area contributed by atoms with Crippen LogP contribution in [0.4, 0.5) is 22.0 Å². The molecule has 0 aliphatic carbocycles. The Morgan fingerprint density at radius 3 is 2.23 bits per heavy atom. The molecule has 0 aliphatic rings. The highest BCUT2D eigenvalue weighted by Crippen LogP contribution is 2.32. The van der Waals surface area contributed by atoms with Gasteiger partial charge in [0.2, 0.25) is 5.91 Å². The molecule has 0 bridgehead atoms. The average molecular weight is 431 g/mol. The third-order valence-corrected chi connectivity index (χ3v) is 4.03. The van der Waals surface area contributed by atoms with Crippen LogP contribution in [0.5, 0.6) is 11.5 Å². The molecule has 0 heterocycles. The Kier molecular flexibility index (Phi) is 7.56. The lowest BCUT2D eigenvalue weighted by molar-refractivity contribution is -0.127. The van der Waals surface area contributed by atoms with Crippen molar-refractivity contribution in [3.05, 3.63) is 59.4 Å². The number of hydrogen-bond donors (Lipinski definition) is 2. The lowest BCUT2D eigenvalue weighted by atomic mass is 9.89. The molecular weight excluding hydrogens is 413 g/mol. The average Bonchev–Trinajstić information content (AvgIpc) is 2.68. The number of benzene rings is 2. The number of amides is 1. The first-order valence-electron chi connectivity index (χ1n) is 8.47. The van der Waals surface area contributed by atoms with Crippen molar-refractivity contribution in [3.63, 3.8) is 0 Å². The third-order valence-electron chi connectivity index (χ3n) is 4.03. The van der Waals surface area contributed by atoms with Crippen LogP contribution in [0.25, 0.3) is 0 Å². The van der Waals surface area contributed by atoms with E-state index >= 15 is 0 Å². The normalized spacial score (nSPS) is 12.0. The summed E-state index contributed by atoms with van der Waals surface area (Å²) in [6, 6.07) is 8.33. The second-order valence-corrected chi connectivity index (χ2v) is 6.05. The maximum atomic E-state index is 13.9. The number of hydrogen-bond acceptors (Lipinski definition) is 4. The number of guanidine groups is 1. The van der Waals surface area contributed by atoms with Crippen molar-refractivity contribution >= 4 is 11.9 Å². The molecule has 3 N–H and O–H groups in total. The minimum absolute atomic E-state index is 0.153. The van der Waals surface area contributed by atoms with Gasteiger partial charge in [0.05, 0.1) is 5.92 Å². The predicted molar refractivity (Wildman–Crippen MR) is 97.5 cm³/mol. The number of nitrogens with two attached hydrogens (primary N) is 1. The van der Waals surface area contributed by atoms with Crippen molar-refractivity contribution in [3.8, 4) is 11.5 Å². The predicted octanol–water partition coefficient (Wildman–Crippen LogP) is 3.55. The minimum atomic E-state index is -3.04. The molecule has 162 valence electrons. The van der Waals surface area contributed by atoms with Gasteiger partial charge in [0.25, 0.3) is 6.43 Å². The van der Waals surface area contributed by atoms with Crippen LogP contribution < -0.4 is 15.2 Å². The topological polar surface area (TPSA) is 88.6 Å². The second kappa shape index (κ2) is 9.90. The maximum Gasteiger partial charge on any atom is 0.387 e. The molecule has 2 aromatic rings. The van der Waals surface area contributed by atoms with Crippen molar-refractivity contribution in [1.29, 1.82) is 5.41 Å². The molecule has 0 aliphatic heterocycles. The Balaban J connectivity index is 2.47. The van der Waals surface area contributed by atoms with Gasteiger partial charge in [0, 0.05) is 7.05 Å². The van der Waals surface area contributed by atoms with E-state index in [0.29, 0.717) is 0 Å². The van der Waals surface area contributed by atoms with Gasteiger partial charge in [-0.3, -0.25) is 15.1 Å². The Morgan fingerprint density at radius 2 is 1.70 bits per heavy atom. The highest BCUT2D eigenvalue weighted by Gasteiger charge is 2.28. The van der Waals surface area contributed by atoms with Gasteiger partial charge < -0.3 is 15.2 Å². The van der Waals surface area contributed by atoms with Gasteiger partial charge in [-0.1, -0.05) is 18.2 Å². The zero-order valence-electron chi connectivity index (χ0n) is 15.6. The molecule has 2 aromatic carbocycles. The number of alkyl halides is 4. The molecule has 0 aromatic heterocycles. The van der Waals surface area contributed by atoms with Crippen LogP contribution in [0.2, 0.25) is 0 Å².